The molecule has 1 aromatic heterocycles. The highest BCUT2D eigenvalue weighted by atomic mass is 32.2. The minimum Gasteiger partial charge on any atom is -0.460 e. The number of allylic oxidation sites excluding steroid dienone is 1. The minimum absolute atomic E-state index is 0.0232. The van der Waals surface area contributed by atoms with Crippen molar-refractivity contribution in [1.82, 2.24) is 9.29 Å². The van der Waals surface area contributed by atoms with Gasteiger partial charge in [0.1, 0.15) is 28.8 Å². The largest absolute Gasteiger partial charge is 0.460 e. The van der Waals surface area contributed by atoms with Crippen molar-refractivity contribution in [1.29, 1.82) is 0 Å². The Morgan fingerprint density at radius 2 is 1.75 bits per heavy atom. The molecule has 61 heavy (non-hydrogen) atoms. The Hall–Kier alpha value is -4.24. The van der Waals surface area contributed by atoms with Gasteiger partial charge in [0.25, 0.3) is 0 Å². The van der Waals surface area contributed by atoms with Gasteiger partial charge in [-0.25, -0.2) is 8.42 Å². The first-order valence-electron chi connectivity index (χ1n) is 21.6. The number of aliphatic hydroxyl groups excluding tert-OH is 2. The number of fused-ring (bicyclic) bond motifs is 3. The summed E-state index contributed by atoms with van der Waals surface area (Å²) < 4.78 is 53.4. The molecule has 1 aliphatic heterocycles. The van der Waals surface area contributed by atoms with Crippen molar-refractivity contribution in [2.75, 3.05) is 39.2 Å². The van der Waals surface area contributed by atoms with E-state index in [2.05, 4.69) is 23.7 Å². The fourth-order valence-corrected chi connectivity index (χ4v) is 12.0. The van der Waals surface area contributed by atoms with Crippen LogP contribution in [0.1, 0.15) is 76.7 Å². The summed E-state index contributed by atoms with van der Waals surface area (Å²) in [5.74, 6) is -0.301. The van der Waals surface area contributed by atoms with Crippen molar-refractivity contribution < 1.29 is 37.7 Å². The number of nitrogens with zero attached hydrogens (tertiary/aromatic N) is 3. The van der Waals surface area contributed by atoms with Gasteiger partial charge in [-0.15, -0.1) is 18.3 Å². The van der Waals surface area contributed by atoms with E-state index in [4.69, 9.17) is 24.2 Å². The molecule has 0 radical (unpaired) electrons. The molecule has 1 saturated carbocycles. The Balaban J connectivity index is 1.47. The Labute approximate surface area is 364 Å². The number of pyridine rings is 1. The maximum Gasteiger partial charge on any atom is 0.245 e. The maximum atomic E-state index is 15.4. The van der Waals surface area contributed by atoms with Gasteiger partial charge in [0.15, 0.2) is 0 Å². The summed E-state index contributed by atoms with van der Waals surface area (Å²) in [7, 11) is -4.25. The molecule has 6 atom stereocenters. The van der Waals surface area contributed by atoms with Crippen molar-refractivity contribution in [3.05, 3.63) is 109 Å². The lowest BCUT2D eigenvalue weighted by molar-refractivity contribution is -0.251. The minimum atomic E-state index is -4.25. The molecule has 0 spiro atoms. The van der Waals surface area contributed by atoms with E-state index in [0.717, 1.165) is 47.1 Å². The van der Waals surface area contributed by atoms with Crippen molar-refractivity contribution in [2.45, 2.75) is 92.8 Å². The number of unbranched alkanes of at least 4 members (excludes halogenated alkanes) is 2. The van der Waals surface area contributed by atoms with Crippen LogP contribution in [0.25, 0.3) is 10.9 Å². The number of rotatable bonds is 21. The molecule has 4 aromatic rings. The van der Waals surface area contributed by atoms with Crippen LogP contribution in [0, 0.1) is 17.8 Å². The van der Waals surface area contributed by atoms with E-state index in [9.17, 15) is 10.2 Å². The number of para-hydroxylation sites is 1. The number of oxime groups is 1. The predicted molar refractivity (Wildman–Crippen MR) is 241 cm³/mol. The topological polar surface area (TPSA) is 140 Å². The van der Waals surface area contributed by atoms with Crippen LogP contribution in [-0.4, -0.2) is 84.7 Å². The number of benzene rings is 3. The summed E-state index contributed by atoms with van der Waals surface area (Å²) in [6.07, 6.45) is 12.8. The number of aliphatic hydroxyl groups is 2. The zero-order valence-corrected chi connectivity index (χ0v) is 37.1. The summed E-state index contributed by atoms with van der Waals surface area (Å²) >= 11 is 1.67. The van der Waals surface area contributed by atoms with Gasteiger partial charge in [0.2, 0.25) is 15.8 Å². The molecular weight excluding hydrogens is 811 g/mol. The van der Waals surface area contributed by atoms with E-state index >= 15 is 8.42 Å². The zero-order chi connectivity index (χ0) is 43.0. The Morgan fingerprint density at radius 1 is 1.00 bits per heavy atom. The molecule has 326 valence electrons. The quantitative estimate of drug-likeness (QED) is 0.0360. The van der Waals surface area contributed by atoms with Gasteiger partial charge in [-0.2, -0.15) is 4.31 Å². The fraction of sp³-hybridized carbons (Fsp3) is 0.458. The molecule has 11 nitrogen and oxygen atoms in total. The van der Waals surface area contributed by atoms with Crippen molar-refractivity contribution in [3.8, 4) is 17.2 Å². The Kier molecular flexibility index (Phi) is 14.9. The van der Waals surface area contributed by atoms with Crippen LogP contribution in [0.3, 0.4) is 0 Å². The van der Waals surface area contributed by atoms with Crippen LogP contribution < -0.4 is 9.47 Å². The molecule has 2 N–H and O–H groups in total. The third-order valence-corrected chi connectivity index (χ3v) is 14.9. The monoisotopic (exact) mass is 869 g/mol. The SMILES string of the molecule is C=CCOC12Oc3ccc(Oc4ccc(SC)cc4)cc3C3C(CCCCO)C(CCCCO)C=C(C(=NOCC)CC1N(CCC)S(=O)(=O)c1cccc4cccnc14)C32. The number of hydrogen-bond acceptors (Lipinski definition) is 11. The molecule has 3 aromatic carbocycles. The average molecular weight is 870 g/mol. The molecule has 0 amide bonds. The fourth-order valence-electron chi connectivity index (χ4n) is 9.68. The third kappa shape index (κ3) is 9.14. The van der Waals surface area contributed by atoms with Gasteiger partial charge < -0.3 is 29.3 Å². The highest BCUT2D eigenvalue weighted by Gasteiger charge is 2.66. The standard InChI is InChI=1S/C48H59N3O8S2/c1-5-26-51(61(54,55)43-18-12-15-33-16-13-25-49-47(33)43)44-32-41(50-57-7-3)39-30-34(14-8-10-27-52)38(17-9-11-28-53)45-40-31-36(58-35-19-22-37(60-4)23-20-35)21-24-42(40)59-48(44,46(39)45)56-29-6-2/h6,12-13,15-16,18-25,30-31,34,38,44-46,52-53H,2,5,7-11,14,17,26-29,32H2,1,3-4H3. The molecule has 2 aliphatic carbocycles. The first kappa shape index (κ1) is 44.8. The second-order valence-corrected chi connectivity index (χ2v) is 18.7. The van der Waals surface area contributed by atoms with E-state index in [1.54, 1.807) is 46.5 Å². The molecule has 0 bridgehead atoms. The lowest BCUT2D eigenvalue weighted by atomic mass is 9.55. The van der Waals surface area contributed by atoms with Crippen LogP contribution in [0.5, 0.6) is 17.2 Å². The lowest BCUT2D eigenvalue weighted by Gasteiger charge is -2.59. The summed E-state index contributed by atoms with van der Waals surface area (Å²) in [5, 5.41) is 25.4. The number of sulfonamides is 1. The van der Waals surface area contributed by atoms with Gasteiger partial charge >= 0.3 is 0 Å². The highest BCUT2D eigenvalue weighted by molar-refractivity contribution is 7.98. The van der Waals surface area contributed by atoms with E-state index in [0.29, 0.717) is 54.3 Å². The van der Waals surface area contributed by atoms with Gasteiger partial charge in [-0.1, -0.05) is 55.3 Å². The number of hydrogen-bond donors (Lipinski definition) is 2. The van der Waals surface area contributed by atoms with Gasteiger partial charge in [-0.05, 0) is 117 Å². The second-order valence-electron chi connectivity index (χ2n) is 15.9. The van der Waals surface area contributed by atoms with Crippen molar-refractivity contribution >= 4 is 38.4 Å². The van der Waals surface area contributed by atoms with Crippen LogP contribution in [0.15, 0.2) is 118 Å². The van der Waals surface area contributed by atoms with Crippen LogP contribution in [0.4, 0.5) is 0 Å². The highest BCUT2D eigenvalue weighted by Crippen LogP contribution is 2.62. The van der Waals surface area contributed by atoms with E-state index < -0.39 is 27.8 Å². The number of ether oxygens (including phenoxy) is 3. The van der Waals surface area contributed by atoms with Crippen LogP contribution in [0.2, 0.25) is 0 Å². The Bertz CT molecular complexity index is 2300. The first-order valence-corrected chi connectivity index (χ1v) is 24.3. The summed E-state index contributed by atoms with van der Waals surface area (Å²) in [4.78, 5) is 11.7. The molecule has 7 rings (SSSR count). The molecule has 1 fully saturated rings. The molecule has 2 heterocycles. The van der Waals surface area contributed by atoms with Crippen LogP contribution in [-0.2, 0) is 19.6 Å². The second kappa shape index (κ2) is 20.3. The van der Waals surface area contributed by atoms with Crippen molar-refractivity contribution in [3.63, 3.8) is 0 Å². The zero-order valence-electron chi connectivity index (χ0n) is 35.4. The van der Waals surface area contributed by atoms with E-state index in [1.807, 2.05) is 68.6 Å². The average Bonchev–Trinajstić information content (AvgIpc) is 3.28. The van der Waals surface area contributed by atoms with E-state index in [1.165, 1.54) is 0 Å². The van der Waals surface area contributed by atoms with Crippen molar-refractivity contribution in [2.24, 2.45) is 22.9 Å². The molecule has 6 unspecified atom stereocenters. The molecule has 0 saturated heterocycles. The smallest absolute Gasteiger partial charge is 0.245 e. The third-order valence-electron chi connectivity index (χ3n) is 12.2. The van der Waals surface area contributed by atoms with Crippen LogP contribution >= 0.6 is 11.8 Å². The molecule has 13 heteroatoms. The summed E-state index contributed by atoms with van der Waals surface area (Å²) in [5.41, 5.74) is 2.90. The Morgan fingerprint density at radius 3 is 2.48 bits per heavy atom. The lowest BCUT2D eigenvalue weighted by Crippen LogP contribution is -2.70. The maximum absolute atomic E-state index is 15.4. The molecule has 3 aliphatic rings. The summed E-state index contributed by atoms with van der Waals surface area (Å²) in [6.45, 7) is 8.66. The first-order chi connectivity index (χ1) is 29.7. The van der Waals surface area contributed by atoms with Gasteiger partial charge in [0, 0.05) is 54.1 Å². The normalized spacial score (nSPS) is 23.9. The summed E-state index contributed by atoms with van der Waals surface area (Å²) in [6, 6.07) is 21.9. The van der Waals surface area contributed by atoms with E-state index in [-0.39, 0.29) is 55.4 Å². The predicted octanol–water partition coefficient (Wildman–Crippen LogP) is 9.50. The van der Waals surface area contributed by atoms with Gasteiger partial charge in [0.05, 0.1) is 29.8 Å². The van der Waals surface area contributed by atoms with Gasteiger partial charge in [-0.3, -0.25) is 4.98 Å². The number of thioether (sulfide) groups is 1. The number of aromatic nitrogens is 1. The molecular formula is C48H59N3O8S2.